The number of ether oxygens (including phenoxy) is 1. The van der Waals surface area contributed by atoms with Crippen LogP contribution in [0.25, 0.3) is 11.1 Å². The SMILES string of the molecule is CN1Cc2c(cnn2C2CN(C(=O)OC(C)(C)C)C2)-c2cccc([N+](=O)[O-])c21. The number of aromatic nitrogens is 2. The molecule has 0 aliphatic carbocycles. The summed E-state index contributed by atoms with van der Waals surface area (Å²) in [6.45, 7) is 7.13. The highest BCUT2D eigenvalue weighted by molar-refractivity contribution is 5.88. The lowest BCUT2D eigenvalue weighted by atomic mass is 9.97. The molecule has 1 aromatic heterocycles. The van der Waals surface area contributed by atoms with Crippen molar-refractivity contribution in [3.05, 3.63) is 40.2 Å². The predicted molar refractivity (Wildman–Crippen MR) is 103 cm³/mol. The number of anilines is 1. The van der Waals surface area contributed by atoms with Crippen molar-refractivity contribution in [1.29, 1.82) is 0 Å². The molecular formula is C19H23N5O4. The Morgan fingerprint density at radius 2 is 2.00 bits per heavy atom. The Morgan fingerprint density at radius 1 is 1.29 bits per heavy atom. The van der Waals surface area contributed by atoms with Crippen molar-refractivity contribution in [1.82, 2.24) is 14.7 Å². The summed E-state index contributed by atoms with van der Waals surface area (Å²) in [4.78, 5) is 26.8. The Balaban J connectivity index is 1.58. The number of amides is 1. The lowest BCUT2D eigenvalue weighted by molar-refractivity contribution is -0.384. The highest BCUT2D eigenvalue weighted by Crippen LogP contribution is 2.44. The molecule has 28 heavy (non-hydrogen) atoms. The molecule has 0 N–H and O–H groups in total. The van der Waals surface area contributed by atoms with E-state index in [9.17, 15) is 14.9 Å². The average Bonchev–Trinajstić information content (AvgIpc) is 2.95. The number of hydrogen-bond donors (Lipinski definition) is 0. The molecule has 0 atom stereocenters. The second kappa shape index (κ2) is 6.22. The van der Waals surface area contributed by atoms with Crippen LogP contribution < -0.4 is 4.90 Å². The third-order valence-electron chi connectivity index (χ3n) is 5.03. The number of nitro benzene ring substituents is 1. The van der Waals surface area contributed by atoms with Gasteiger partial charge in [0.05, 0.1) is 29.4 Å². The van der Waals surface area contributed by atoms with E-state index in [2.05, 4.69) is 5.10 Å². The molecule has 1 saturated heterocycles. The highest BCUT2D eigenvalue weighted by atomic mass is 16.6. The van der Waals surface area contributed by atoms with Crippen LogP contribution in [0.5, 0.6) is 0 Å². The monoisotopic (exact) mass is 385 g/mol. The molecule has 0 bridgehead atoms. The molecule has 2 aliphatic rings. The van der Waals surface area contributed by atoms with Gasteiger partial charge in [-0.1, -0.05) is 12.1 Å². The maximum atomic E-state index is 12.2. The summed E-state index contributed by atoms with van der Waals surface area (Å²) in [5.41, 5.74) is 2.92. The molecule has 1 aromatic carbocycles. The van der Waals surface area contributed by atoms with Crippen molar-refractivity contribution in [3.8, 4) is 11.1 Å². The van der Waals surface area contributed by atoms with Crippen LogP contribution in [-0.4, -0.2) is 51.4 Å². The normalized spacial score (nSPS) is 16.3. The van der Waals surface area contributed by atoms with Crippen molar-refractivity contribution in [2.24, 2.45) is 0 Å². The van der Waals surface area contributed by atoms with Gasteiger partial charge in [-0.3, -0.25) is 14.8 Å². The average molecular weight is 385 g/mol. The Kier molecular flexibility index (Phi) is 4.06. The number of carbonyl (C=O) groups excluding carboxylic acids is 1. The number of fused-ring (bicyclic) bond motifs is 3. The number of rotatable bonds is 2. The van der Waals surface area contributed by atoms with Crippen LogP contribution in [0.3, 0.4) is 0 Å². The van der Waals surface area contributed by atoms with Gasteiger partial charge in [0.15, 0.2) is 0 Å². The van der Waals surface area contributed by atoms with E-state index in [1.807, 2.05) is 43.5 Å². The minimum absolute atomic E-state index is 0.0740. The maximum absolute atomic E-state index is 12.2. The quantitative estimate of drug-likeness (QED) is 0.582. The van der Waals surface area contributed by atoms with Crippen molar-refractivity contribution in [2.75, 3.05) is 25.0 Å². The summed E-state index contributed by atoms with van der Waals surface area (Å²) >= 11 is 0. The number of para-hydroxylation sites is 1. The van der Waals surface area contributed by atoms with Gasteiger partial charge in [0.2, 0.25) is 0 Å². The van der Waals surface area contributed by atoms with E-state index in [1.165, 1.54) is 6.07 Å². The first-order valence-electron chi connectivity index (χ1n) is 9.19. The fourth-order valence-corrected chi connectivity index (χ4v) is 3.77. The lowest BCUT2D eigenvalue weighted by Crippen LogP contribution is -2.52. The van der Waals surface area contributed by atoms with Gasteiger partial charge in [0.25, 0.3) is 5.69 Å². The summed E-state index contributed by atoms with van der Waals surface area (Å²) in [6, 6.07) is 5.18. The van der Waals surface area contributed by atoms with Gasteiger partial charge in [-0.25, -0.2) is 4.79 Å². The minimum Gasteiger partial charge on any atom is -0.444 e. The number of carbonyl (C=O) groups is 1. The topological polar surface area (TPSA) is 93.7 Å². The number of likely N-dealkylation sites (tertiary alicyclic amines) is 1. The molecule has 2 aromatic rings. The molecule has 1 fully saturated rings. The Bertz CT molecular complexity index is 956. The largest absolute Gasteiger partial charge is 0.444 e. The second-order valence-corrected chi connectivity index (χ2v) is 8.28. The predicted octanol–water partition coefficient (Wildman–Crippen LogP) is 3.20. The number of nitrogens with zero attached hydrogens (tertiary/aromatic N) is 5. The van der Waals surface area contributed by atoms with Crippen LogP contribution in [0.15, 0.2) is 24.4 Å². The third-order valence-corrected chi connectivity index (χ3v) is 5.03. The van der Waals surface area contributed by atoms with Gasteiger partial charge in [0, 0.05) is 37.3 Å². The van der Waals surface area contributed by atoms with Crippen LogP contribution in [0.2, 0.25) is 0 Å². The molecular weight excluding hydrogens is 362 g/mol. The van der Waals surface area contributed by atoms with Crippen molar-refractivity contribution in [2.45, 2.75) is 39.0 Å². The van der Waals surface area contributed by atoms with Gasteiger partial charge < -0.3 is 14.5 Å². The molecule has 1 amide bonds. The molecule has 9 heteroatoms. The molecule has 0 saturated carbocycles. The highest BCUT2D eigenvalue weighted by Gasteiger charge is 2.38. The Hall–Kier alpha value is -3.10. The zero-order valence-electron chi connectivity index (χ0n) is 16.4. The molecule has 148 valence electrons. The zero-order valence-corrected chi connectivity index (χ0v) is 16.4. The van der Waals surface area contributed by atoms with Gasteiger partial charge in [-0.15, -0.1) is 0 Å². The summed E-state index contributed by atoms with van der Waals surface area (Å²) in [6.07, 6.45) is 1.45. The molecule has 0 radical (unpaired) electrons. The first-order valence-corrected chi connectivity index (χ1v) is 9.19. The fraction of sp³-hybridized carbons (Fsp3) is 0.474. The Labute approximate surface area is 162 Å². The van der Waals surface area contributed by atoms with E-state index in [0.717, 1.165) is 16.8 Å². The van der Waals surface area contributed by atoms with Crippen LogP contribution in [0.1, 0.15) is 32.5 Å². The third kappa shape index (κ3) is 2.96. The lowest BCUT2D eigenvalue weighted by Gasteiger charge is -2.41. The minimum atomic E-state index is -0.520. The molecule has 9 nitrogen and oxygen atoms in total. The summed E-state index contributed by atoms with van der Waals surface area (Å²) in [7, 11) is 1.85. The molecule has 0 unspecified atom stereocenters. The molecule has 4 rings (SSSR count). The van der Waals surface area contributed by atoms with E-state index in [1.54, 1.807) is 17.2 Å². The molecule has 2 aliphatic heterocycles. The standard InChI is InChI=1S/C19H23N5O4/c1-19(2,3)28-18(25)22-9-12(10-22)23-16-11-21(4)17-13(14(16)8-20-23)6-5-7-15(17)24(26)27/h5-8,12H,9-11H2,1-4H3. The van der Waals surface area contributed by atoms with Crippen LogP contribution in [0.4, 0.5) is 16.2 Å². The summed E-state index contributed by atoms with van der Waals surface area (Å²) < 4.78 is 7.34. The number of benzene rings is 1. The number of hydrogen-bond acceptors (Lipinski definition) is 6. The van der Waals surface area contributed by atoms with Gasteiger partial charge in [-0.05, 0) is 20.8 Å². The molecule has 3 heterocycles. The zero-order chi connectivity index (χ0) is 20.2. The van der Waals surface area contributed by atoms with Gasteiger partial charge in [-0.2, -0.15) is 5.10 Å². The van der Waals surface area contributed by atoms with Gasteiger partial charge in [0.1, 0.15) is 11.3 Å². The Morgan fingerprint density at radius 3 is 2.64 bits per heavy atom. The smallest absolute Gasteiger partial charge is 0.410 e. The maximum Gasteiger partial charge on any atom is 0.410 e. The van der Waals surface area contributed by atoms with E-state index < -0.39 is 5.60 Å². The van der Waals surface area contributed by atoms with Gasteiger partial charge >= 0.3 is 6.09 Å². The fourth-order valence-electron chi connectivity index (χ4n) is 3.77. The van der Waals surface area contributed by atoms with Crippen molar-refractivity contribution >= 4 is 17.5 Å². The number of nitro groups is 1. The first-order chi connectivity index (χ1) is 13.2. The first kappa shape index (κ1) is 18.3. The summed E-state index contributed by atoms with van der Waals surface area (Å²) in [5, 5.41) is 15.9. The van der Waals surface area contributed by atoms with E-state index >= 15 is 0 Å². The van der Waals surface area contributed by atoms with E-state index in [4.69, 9.17) is 4.74 Å². The van der Waals surface area contributed by atoms with E-state index in [-0.39, 0.29) is 22.7 Å². The molecule has 0 spiro atoms. The van der Waals surface area contributed by atoms with Crippen LogP contribution in [0, 0.1) is 10.1 Å². The van der Waals surface area contributed by atoms with Crippen LogP contribution >= 0.6 is 0 Å². The van der Waals surface area contributed by atoms with Crippen LogP contribution in [-0.2, 0) is 11.3 Å². The second-order valence-electron chi connectivity index (χ2n) is 8.28. The van der Waals surface area contributed by atoms with Crippen molar-refractivity contribution in [3.63, 3.8) is 0 Å². The van der Waals surface area contributed by atoms with E-state index in [0.29, 0.717) is 25.3 Å². The van der Waals surface area contributed by atoms with Crippen molar-refractivity contribution < 1.29 is 14.5 Å². The summed E-state index contributed by atoms with van der Waals surface area (Å²) in [5.74, 6) is 0.